The van der Waals surface area contributed by atoms with Crippen LogP contribution in [-0.4, -0.2) is 46.3 Å². The molecular weight excluding hydrogens is 408 g/mol. The molecule has 2 aliphatic carbocycles. The molecule has 27 heavy (non-hydrogen) atoms. The van der Waals surface area contributed by atoms with Crippen LogP contribution in [0.25, 0.3) is 11.0 Å². The second kappa shape index (κ2) is 7.78. The number of likely N-dealkylation sites (N-methyl/N-ethyl adjacent to an activating group) is 1. The first-order valence-corrected chi connectivity index (χ1v) is 10.5. The zero-order chi connectivity index (χ0) is 19.0. The monoisotopic (exact) mass is 432 g/mol. The largest absolute Gasteiger partial charge is 0.444 e. The number of anilines is 1. The van der Waals surface area contributed by atoms with Crippen molar-refractivity contribution in [3.8, 4) is 6.07 Å². The Morgan fingerprint density at radius 1 is 1.30 bits per heavy atom. The van der Waals surface area contributed by atoms with Gasteiger partial charge in [0, 0.05) is 29.6 Å². The average molecular weight is 433 g/mol. The van der Waals surface area contributed by atoms with E-state index < -0.39 is 0 Å². The third-order valence-corrected chi connectivity index (χ3v) is 7.01. The van der Waals surface area contributed by atoms with Crippen LogP contribution in [0.2, 0.25) is 0 Å². The van der Waals surface area contributed by atoms with Crippen LogP contribution in [-0.2, 0) is 0 Å². The number of aliphatic hydroxyl groups excluding tert-OH is 1. The molecule has 0 unspecified atom stereocenters. The third kappa shape index (κ3) is 3.71. The van der Waals surface area contributed by atoms with E-state index in [9.17, 15) is 5.11 Å². The molecule has 2 fully saturated rings. The first-order valence-electron chi connectivity index (χ1n) is 9.71. The molecule has 0 saturated heterocycles. The summed E-state index contributed by atoms with van der Waals surface area (Å²) in [5, 5.41) is 23.6. The first-order chi connectivity index (χ1) is 13.1. The van der Waals surface area contributed by atoms with Crippen molar-refractivity contribution in [1.29, 1.82) is 5.26 Å². The van der Waals surface area contributed by atoms with Crippen molar-refractivity contribution < 1.29 is 9.52 Å². The Kier molecular flexibility index (Phi) is 5.40. The Morgan fingerprint density at radius 3 is 2.74 bits per heavy atom. The summed E-state index contributed by atoms with van der Waals surface area (Å²) in [4.78, 5) is 6.89. The number of halogens is 1. The molecule has 2 N–H and O–H groups in total. The van der Waals surface area contributed by atoms with E-state index >= 15 is 0 Å². The molecule has 0 spiro atoms. The maximum atomic E-state index is 10.2. The molecule has 4 rings (SSSR count). The third-order valence-electron chi connectivity index (χ3n) is 6.21. The lowest BCUT2D eigenvalue weighted by molar-refractivity contribution is 0.0489. The quantitative estimate of drug-likeness (QED) is 0.758. The van der Waals surface area contributed by atoms with Crippen LogP contribution in [0.4, 0.5) is 5.82 Å². The van der Waals surface area contributed by atoms with E-state index in [-0.39, 0.29) is 6.10 Å². The molecule has 2 atom stereocenters. The SMILES string of the molecule is CN(C1CCC(Nc2ncc3oc(C#N)cc3c2Br)CC1)[C@@H]1CCC[C@@H]1O. The smallest absolute Gasteiger partial charge is 0.204 e. The van der Waals surface area contributed by atoms with Gasteiger partial charge in [-0.25, -0.2) is 4.98 Å². The van der Waals surface area contributed by atoms with Crippen LogP contribution in [0, 0.1) is 11.3 Å². The maximum absolute atomic E-state index is 10.2. The van der Waals surface area contributed by atoms with Crippen molar-refractivity contribution in [2.24, 2.45) is 0 Å². The van der Waals surface area contributed by atoms with Gasteiger partial charge in [-0.15, -0.1) is 0 Å². The highest BCUT2D eigenvalue weighted by Gasteiger charge is 2.34. The van der Waals surface area contributed by atoms with E-state index in [0.29, 0.717) is 29.5 Å². The van der Waals surface area contributed by atoms with Crippen LogP contribution in [0.1, 0.15) is 50.7 Å². The molecule has 2 heterocycles. The number of aromatic nitrogens is 1. The van der Waals surface area contributed by atoms with Crippen LogP contribution < -0.4 is 5.32 Å². The predicted molar refractivity (Wildman–Crippen MR) is 107 cm³/mol. The Bertz CT molecular complexity index is 854. The van der Waals surface area contributed by atoms with E-state index in [1.807, 2.05) is 6.07 Å². The highest BCUT2D eigenvalue weighted by molar-refractivity contribution is 9.10. The molecule has 2 aromatic rings. The molecule has 2 aromatic heterocycles. The zero-order valence-electron chi connectivity index (χ0n) is 15.5. The molecule has 7 heteroatoms. The van der Waals surface area contributed by atoms with Gasteiger partial charge < -0.3 is 14.8 Å². The number of pyridine rings is 1. The second-order valence-electron chi connectivity index (χ2n) is 7.80. The normalized spacial score (nSPS) is 28.6. The number of aliphatic hydroxyl groups is 1. The van der Waals surface area contributed by atoms with Crippen LogP contribution in [0.15, 0.2) is 21.2 Å². The number of nitrogens with zero attached hydrogens (tertiary/aromatic N) is 3. The van der Waals surface area contributed by atoms with Crippen LogP contribution in [0.5, 0.6) is 0 Å². The van der Waals surface area contributed by atoms with Crippen molar-refractivity contribution in [2.75, 3.05) is 12.4 Å². The summed E-state index contributed by atoms with van der Waals surface area (Å²) in [6.07, 6.45) is 9.12. The summed E-state index contributed by atoms with van der Waals surface area (Å²) in [5.41, 5.74) is 0.615. The molecule has 2 saturated carbocycles. The second-order valence-corrected chi connectivity index (χ2v) is 8.60. The Hall–Kier alpha value is -1.62. The molecule has 0 bridgehead atoms. The van der Waals surface area contributed by atoms with Gasteiger partial charge in [-0.1, -0.05) is 0 Å². The molecule has 144 valence electrons. The van der Waals surface area contributed by atoms with Gasteiger partial charge in [0.05, 0.1) is 16.8 Å². The number of hydrogen-bond acceptors (Lipinski definition) is 6. The number of nitrogens with one attached hydrogen (secondary N) is 1. The van der Waals surface area contributed by atoms with Gasteiger partial charge in [-0.3, -0.25) is 4.90 Å². The Morgan fingerprint density at radius 2 is 2.07 bits per heavy atom. The minimum absolute atomic E-state index is 0.161. The molecule has 6 nitrogen and oxygen atoms in total. The van der Waals surface area contributed by atoms with Crippen LogP contribution in [0.3, 0.4) is 0 Å². The number of rotatable bonds is 4. The summed E-state index contributed by atoms with van der Waals surface area (Å²) >= 11 is 3.61. The van der Waals surface area contributed by atoms with Gasteiger partial charge in [-0.2, -0.15) is 5.26 Å². The fourth-order valence-corrected chi connectivity index (χ4v) is 5.15. The average Bonchev–Trinajstić information content (AvgIpc) is 3.30. The summed E-state index contributed by atoms with van der Waals surface area (Å²) in [5.74, 6) is 1.10. The lowest BCUT2D eigenvalue weighted by atomic mass is 9.89. The number of hydrogen-bond donors (Lipinski definition) is 2. The van der Waals surface area contributed by atoms with Gasteiger partial charge in [0.25, 0.3) is 0 Å². The van der Waals surface area contributed by atoms with E-state index in [2.05, 4.69) is 38.2 Å². The summed E-state index contributed by atoms with van der Waals surface area (Å²) in [6.45, 7) is 0. The molecular formula is C20H25BrN4O2. The van der Waals surface area contributed by atoms with Gasteiger partial charge >= 0.3 is 0 Å². The Balaban J connectivity index is 1.38. The minimum atomic E-state index is -0.161. The van der Waals surface area contributed by atoms with E-state index in [0.717, 1.165) is 60.6 Å². The van der Waals surface area contributed by atoms with Crippen molar-refractivity contribution in [3.63, 3.8) is 0 Å². The van der Waals surface area contributed by atoms with Gasteiger partial charge in [0.1, 0.15) is 11.9 Å². The van der Waals surface area contributed by atoms with Gasteiger partial charge in [-0.05, 0) is 67.9 Å². The maximum Gasteiger partial charge on any atom is 0.204 e. The van der Waals surface area contributed by atoms with Crippen molar-refractivity contribution >= 4 is 32.7 Å². The van der Waals surface area contributed by atoms with Crippen molar-refractivity contribution in [3.05, 3.63) is 22.5 Å². The molecule has 2 aliphatic rings. The van der Waals surface area contributed by atoms with Crippen molar-refractivity contribution in [1.82, 2.24) is 9.88 Å². The van der Waals surface area contributed by atoms with E-state index in [4.69, 9.17) is 9.68 Å². The number of fused-ring (bicyclic) bond motifs is 1. The van der Waals surface area contributed by atoms with Crippen LogP contribution >= 0.6 is 15.9 Å². The Labute approximate surface area is 167 Å². The van der Waals surface area contributed by atoms with Crippen molar-refractivity contribution in [2.45, 2.75) is 69.2 Å². The highest BCUT2D eigenvalue weighted by atomic mass is 79.9. The topological polar surface area (TPSA) is 85.3 Å². The standard InChI is InChI=1S/C20H25BrN4O2/c1-25(16-3-2-4-17(16)26)13-7-5-12(6-8-13)24-20-19(21)15-9-14(10-22)27-18(15)11-23-20/h9,11-13,16-17,26H,2-8H2,1H3,(H,23,24)/t12?,13?,16-,17+/m1/s1. The van der Waals surface area contributed by atoms with E-state index in [1.165, 1.54) is 0 Å². The summed E-state index contributed by atoms with van der Waals surface area (Å²) < 4.78 is 6.28. The number of furan rings is 1. The molecule has 0 amide bonds. The lowest BCUT2D eigenvalue weighted by Crippen LogP contribution is -2.46. The zero-order valence-corrected chi connectivity index (χ0v) is 17.1. The fourth-order valence-electron chi connectivity index (χ4n) is 4.62. The first kappa shape index (κ1) is 18.7. The highest BCUT2D eigenvalue weighted by Crippen LogP contribution is 2.34. The van der Waals surface area contributed by atoms with E-state index in [1.54, 1.807) is 12.3 Å². The predicted octanol–water partition coefficient (Wildman–Crippen LogP) is 4.03. The summed E-state index contributed by atoms with van der Waals surface area (Å²) in [6, 6.07) is 5.03. The molecule has 0 aromatic carbocycles. The molecule has 0 radical (unpaired) electrons. The van der Waals surface area contributed by atoms with Gasteiger partial charge in [0.15, 0.2) is 5.58 Å². The minimum Gasteiger partial charge on any atom is -0.444 e. The number of nitriles is 1. The lowest BCUT2D eigenvalue weighted by Gasteiger charge is -2.39. The fraction of sp³-hybridized carbons (Fsp3) is 0.600. The molecule has 0 aliphatic heterocycles. The summed E-state index contributed by atoms with van der Waals surface area (Å²) in [7, 11) is 2.18. The van der Waals surface area contributed by atoms with Gasteiger partial charge in [0.2, 0.25) is 5.76 Å².